The second kappa shape index (κ2) is 6.87. The molecular weight excluding hydrogens is 360 g/mol. The second-order valence-electron chi connectivity index (χ2n) is 5.19. The van der Waals surface area contributed by atoms with E-state index in [2.05, 4.69) is 22.0 Å². The number of fused-ring (bicyclic) bond motifs is 1. The highest BCUT2D eigenvalue weighted by Crippen LogP contribution is 2.27. The summed E-state index contributed by atoms with van der Waals surface area (Å²) in [6.45, 7) is 0.479. The van der Waals surface area contributed by atoms with Gasteiger partial charge in [-0.15, -0.1) is 0 Å². The van der Waals surface area contributed by atoms with Gasteiger partial charge in [-0.05, 0) is 45.8 Å². The quantitative estimate of drug-likeness (QED) is 0.692. The normalized spacial score (nSPS) is 10.8. The predicted molar refractivity (Wildman–Crippen MR) is 90.9 cm³/mol. The lowest BCUT2D eigenvalue weighted by Crippen LogP contribution is -2.06. The summed E-state index contributed by atoms with van der Waals surface area (Å²) >= 11 is 3.50. The van der Waals surface area contributed by atoms with Crippen molar-refractivity contribution < 1.29 is 19.1 Å². The molecule has 0 aliphatic heterocycles. The van der Waals surface area contributed by atoms with Gasteiger partial charge in [-0.1, -0.05) is 18.2 Å². The molecule has 0 saturated heterocycles. The summed E-state index contributed by atoms with van der Waals surface area (Å²) in [6, 6.07) is 13.2. The second-order valence-corrected chi connectivity index (χ2v) is 6.05. The van der Waals surface area contributed by atoms with Crippen LogP contribution in [0.5, 0.6) is 5.75 Å². The number of carbonyl (C=O) groups is 1. The van der Waals surface area contributed by atoms with Gasteiger partial charge in [0.05, 0.1) is 23.8 Å². The zero-order valence-corrected chi connectivity index (χ0v) is 13.9. The predicted octanol–water partition coefficient (Wildman–Crippen LogP) is 4.44. The topological polar surface area (TPSA) is 59.7 Å². The van der Waals surface area contributed by atoms with Crippen LogP contribution in [0.25, 0.3) is 11.0 Å². The molecule has 1 aromatic heterocycles. The van der Waals surface area contributed by atoms with Gasteiger partial charge in [-0.2, -0.15) is 0 Å². The van der Waals surface area contributed by atoms with E-state index in [0.717, 1.165) is 27.4 Å². The molecule has 23 heavy (non-hydrogen) atoms. The van der Waals surface area contributed by atoms with E-state index < -0.39 is 5.97 Å². The maximum absolute atomic E-state index is 10.9. The lowest BCUT2D eigenvalue weighted by molar-refractivity contribution is -0.136. The van der Waals surface area contributed by atoms with Crippen LogP contribution in [0.15, 0.2) is 57.6 Å². The molecule has 0 amide bonds. The summed E-state index contributed by atoms with van der Waals surface area (Å²) in [5.41, 5.74) is 2.65. The number of furan rings is 1. The Morgan fingerprint density at radius 2 is 2.04 bits per heavy atom. The number of aliphatic carboxylic acids is 1. The Hall–Kier alpha value is -2.27. The average Bonchev–Trinajstić information content (AvgIpc) is 2.97. The number of hydrogen-bond donors (Lipinski definition) is 1. The van der Waals surface area contributed by atoms with Crippen molar-refractivity contribution in [3.63, 3.8) is 0 Å². The number of ether oxygens (including phenoxy) is 1. The van der Waals surface area contributed by atoms with Crippen LogP contribution in [0.4, 0.5) is 0 Å². The Bertz CT molecular complexity index is 838. The number of halogens is 1. The number of para-hydroxylation sites is 1. The molecule has 0 spiro atoms. The van der Waals surface area contributed by atoms with Gasteiger partial charge in [0.2, 0.25) is 0 Å². The Morgan fingerprint density at radius 1 is 1.22 bits per heavy atom. The minimum Gasteiger partial charge on any atom is -0.493 e. The molecule has 0 aliphatic rings. The van der Waals surface area contributed by atoms with E-state index in [4.69, 9.17) is 14.3 Å². The van der Waals surface area contributed by atoms with Crippen LogP contribution >= 0.6 is 15.9 Å². The zero-order chi connectivity index (χ0) is 16.2. The number of hydrogen-bond acceptors (Lipinski definition) is 3. The third kappa shape index (κ3) is 3.74. The summed E-state index contributed by atoms with van der Waals surface area (Å²) in [6.07, 6.45) is 2.35. The zero-order valence-electron chi connectivity index (χ0n) is 12.3. The summed E-state index contributed by atoms with van der Waals surface area (Å²) < 4.78 is 12.1. The van der Waals surface area contributed by atoms with Crippen molar-refractivity contribution in [2.75, 3.05) is 6.61 Å². The van der Waals surface area contributed by atoms with Crippen molar-refractivity contribution in [1.29, 1.82) is 0 Å². The van der Waals surface area contributed by atoms with E-state index in [1.165, 1.54) is 0 Å². The minimum absolute atomic E-state index is 0.0390. The minimum atomic E-state index is -0.865. The van der Waals surface area contributed by atoms with Gasteiger partial charge in [0.15, 0.2) is 0 Å². The first kappa shape index (κ1) is 15.6. The van der Waals surface area contributed by atoms with Gasteiger partial charge < -0.3 is 14.3 Å². The van der Waals surface area contributed by atoms with E-state index in [1.54, 1.807) is 18.4 Å². The van der Waals surface area contributed by atoms with Crippen LogP contribution in [0.3, 0.4) is 0 Å². The highest BCUT2D eigenvalue weighted by Gasteiger charge is 2.08. The van der Waals surface area contributed by atoms with Crippen LogP contribution in [0, 0.1) is 0 Å². The van der Waals surface area contributed by atoms with Crippen molar-refractivity contribution in [3.05, 3.63) is 64.3 Å². The Labute approximate surface area is 141 Å². The Kier molecular flexibility index (Phi) is 4.67. The molecule has 0 unspecified atom stereocenters. The SMILES string of the molecule is O=C(O)Cc1ccccc1OCCc1cc(Br)c2occc2c1. The van der Waals surface area contributed by atoms with E-state index in [0.29, 0.717) is 17.9 Å². The third-order valence-electron chi connectivity index (χ3n) is 3.53. The van der Waals surface area contributed by atoms with Crippen LogP contribution in [-0.4, -0.2) is 17.7 Å². The van der Waals surface area contributed by atoms with Gasteiger partial charge in [-0.25, -0.2) is 0 Å². The fourth-order valence-corrected chi connectivity index (χ4v) is 3.09. The molecule has 2 aromatic carbocycles. The number of carboxylic acids is 1. The fourth-order valence-electron chi connectivity index (χ4n) is 2.47. The van der Waals surface area contributed by atoms with Gasteiger partial charge in [-0.3, -0.25) is 4.79 Å². The van der Waals surface area contributed by atoms with Crippen LogP contribution in [0.2, 0.25) is 0 Å². The molecule has 0 radical (unpaired) electrons. The van der Waals surface area contributed by atoms with Crippen LogP contribution in [-0.2, 0) is 17.6 Å². The molecule has 0 saturated carbocycles. The maximum Gasteiger partial charge on any atom is 0.307 e. The molecular formula is C18H15BrO4. The van der Waals surface area contributed by atoms with Gasteiger partial charge >= 0.3 is 5.97 Å². The molecule has 1 N–H and O–H groups in total. The summed E-state index contributed by atoms with van der Waals surface area (Å²) in [7, 11) is 0. The molecule has 4 nitrogen and oxygen atoms in total. The summed E-state index contributed by atoms with van der Waals surface area (Å²) in [5.74, 6) is -0.242. The first-order chi connectivity index (χ1) is 11.1. The molecule has 0 bridgehead atoms. The van der Waals surface area contributed by atoms with Crippen molar-refractivity contribution >= 4 is 32.9 Å². The monoisotopic (exact) mass is 374 g/mol. The first-order valence-electron chi connectivity index (χ1n) is 7.21. The van der Waals surface area contributed by atoms with Crippen LogP contribution < -0.4 is 4.74 Å². The van der Waals surface area contributed by atoms with E-state index >= 15 is 0 Å². The Balaban J connectivity index is 1.68. The van der Waals surface area contributed by atoms with Gasteiger partial charge in [0, 0.05) is 17.4 Å². The van der Waals surface area contributed by atoms with Crippen molar-refractivity contribution in [1.82, 2.24) is 0 Å². The van der Waals surface area contributed by atoms with E-state index in [1.807, 2.05) is 24.3 Å². The smallest absolute Gasteiger partial charge is 0.307 e. The van der Waals surface area contributed by atoms with Gasteiger partial charge in [0.1, 0.15) is 11.3 Å². The van der Waals surface area contributed by atoms with Crippen molar-refractivity contribution in [2.24, 2.45) is 0 Å². The standard InChI is InChI=1S/C18H15BrO4/c19-15-10-12(9-14-6-8-23-18(14)15)5-7-22-16-4-2-1-3-13(16)11-17(20)21/h1-4,6,8-10H,5,7,11H2,(H,20,21). The third-order valence-corrected chi connectivity index (χ3v) is 4.12. The lowest BCUT2D eigenvalue weighted by atomic mass is 10.1. The lowest BCUT2D eigenvalue weighted by Gasteiger charge is -2.10. The molecule has 0 atom stereocenters. The molecule has 5 heteroatoms. The largest absolute Gasteiger partial charge is 0.493 e. The Morgan fingerprint density at radius 3 is 2.87 bits per heavy atom. The molecule has 0 aliphatic carbocycles. The summed E-state index contributed by atoms with van der Waals surface area (Å²) in [5, 5.41) is 9.98. The fraction of sp³-hybridized carbons (Fsp3) is 0.167. The molecule has 3 aromatic rings. The van der Waals surface area contributed by atoms with E-state index in [9.17, 15) is 4.79 Å². The highest BCUT2D eigenvalue weighted by atomic mass is 79.9. The number of rotatable bonds is 6. The molecule has 3 rings (SSSR count). The molecule has 118 valence electrons. The first-order valence-corrected chi connectivity index (χ1v) is 8.01. The van der Waals surface area contributed by atoms with Crippen LogP contribution in [0.1, 0.15) is 11.1 Å². The average molecular weight is 375 g/mol. The van der Waals surface area contributed by atoms with Crippen molar-refractivity contribution in [2.45, 2.75) is 12.8 Å². The summed E-state index contributed by atoms with van der Waals surface area (Å²) in [4.78, 5) is 10.9. The number of benzene rings is 2. The number of carboxylic acid groups (broad SMARTS) is 1. The highest BCUT2D eigenvalue weighted by molar-refractivity contribution is 9.10. The van der Waals surface area contributed by atoms with E-state index in [-0.39, 0.29) is 6.42 Å². The van der Waals surface area contributed by atoms with Gasteiger partial charge in [0.25, 0.3) is 0 Å². The maximum atomic E-state index is 10.9. The van der Waals surface area contributed by atoms with Crippen molar-refractivity contribution in [3.8, 4) is 5.75 Å². The molecule has 0 fully saturated rings. The molecule has 1 heterocycles.